The predicted molar refractivity (Wildman–Crippen MR) is 67.1 cm³/mol. The van der Waals surface area contributed by atoms with Gasteiger partial charge in [-0.25, -0.2) is 0 Å². The van der Waals surface area contributed by atoms with E-state index in [1.807, 2.05) is 6.92 Å². The van der Waals surface area contributed by atoms with Crippen molar-refractivity contribution in [2.75, 3.05) is 6.54 Å². The van der Waals surface area contributed by atoms with Crippen molar-refractivity contribution in [3.8, 4) is 0 Å². The van der Waals surface area contributed by atoms with Gasteiger partial charge in [-0.1, -0.05) is 33.1 Å². The molecule has 0 aromatic carbocycles. The van der Waals surface area contributed by atoms with Gasteiger partial charge < -0.3 is 11.1 Å². The first-order valence-corrected chi connectivity index (χ1v) is 6.58. The molecule has 1 fully saturated rings. The molecule has 3 nitrogen and oxygen atoms in total. The minimum absolute atomic E-state index is 0.0131. The van der Waals surface area contributed by atoms with E-state index in [0.29, 0.717) is 11.8 Å². The molecular formula is C13H26N2O. The van der Waals surface area contributed by atoms with E-state index in [0.717, 1.165) is 13.0 Å². The molecule has 0 bridgehead atoms. The van der Waals surface area contributed by atoms with Crippen LogP contribution < -0.4 is 11.1 Å². The van der Waals surface area contributed by atoms with Gasteiger partial charge in [0, 0.05) is 19.0 Å². The highest BCUT2D eigenvalue weighted by molar-refractivity contribution is 5.76. The fourth-order valence-corrected chi connectivity index (χ4v) is 2.35. The van der Waals surface area contributed by atoms with E-state index in [4.69, 9.17) is 5.73 Å². The molecule has 16 heavy (non-hydrogen) atoms. The molecule has 0 aromatic heterocycles. The maximum absolute atomic E-state index is 11.6. The molecule has 3 N–H and O–H groups in total. The number of nitrogens with two attached hydrogens (primary N) is 1. The smallest absolute Gasteiger partial charge is 0.221 e. The van der Waals surface area contributed by atoms with Gasteiger partial charge in [0.2, 0.25) is 5.91 Å². The van der Waals surface area contributed by atoms with Gasteiger partial charge in [-0.15, -0.1) is 0 Å². The first-order chi connectivity index (χ1) is 7.56. The summed E-state index contributed by atoms with van der Waals surface area (Å²) in [5.41, 5.74) is 6.08. The van der Waals surface area contributed by atoms with Gasteiger partial charge in [-0.3, -0.25) is 4.79 Å². The van der Waals surface area contributed by atoms with Crippen molar-refractivity contribution in [1.82, 2.24) is 5.32 Å². The summed E-state index contributed by atoms with van der Waals surface area (Å²) in [5, 5.41) is 3.04. The Balaban J connectivity index is 2.24. The Kier molecular flexibility index (Phi) is 5.26. The van der Waals surface area contributed by atoms with Gasteiger partial charge in [-0.05, 0) is 24.7 Å². The number of carbonyl (C=O) groups excluding carboxylic acids is 1. The molecule has 1 unspecified atom stereocenters. The standard InChI is InChI=1S/C13H26N2O/c1-3-11(14)9-12(16)15-10-13(2)7-5-4-6-8-13/h11H,3-10,14H2,1-2H3,(H,15,16). The van der Waals surface area contributed by atoms with Crippen molar-refractivity contribution >= 4 is 5.91 Å². The van der Waals surface area contributed by atoms with Crippen LogP contribution in [0.15, 0.2) is 0 Å². The molecule has 0 aliphatic heterocycles. The van der Waals surface area contributed by atoms with Crippen LogP contribution in [-0.2, 0) is 4.79 Å². The summed E-state index contributed by atoms with van der Waals surface area (Å²) in [4.78, 5) is 11.6. The van der Waals surface area contributed by atoms with Crippen LogP contribution >= 0.6 is 0 Å². The van der Waals surface area contributed by atoms with Crippen LogP contribution in [-0.4, -0.2) is 18.5 Å². The zero-order valence-electron chi connectivity index (χ0n) is 10.7. The largest absolute Gasteiger partial charge is 0.356 e. The van der Waals surface area contributed by atoms with Crippen LogP contribution in [0.3, 0.4) is 0 Å². The van der Waals surface area contributed by atoms with Crippen LogP contribution in [0.2, 0.25) is 0 Å². The summed E-state index contributed by atoms with van der Waals surface area (Å²) < 4.78 is 0. The third kappa shape index (κ3) is 4.52. The summed E-state index contributed by atoms with van der Waals surface area (Å²) >= 11 is 0. The number of hydrogen-bond donors (Lipinski definition) is 2. The molecular weight excluding hydrogens is 200 g/mol. The lowest BCUT2D eigenvalue weighted by Crippen LogP contribution is -2.39. The lowest BCUT2D eigenvalue weighted by atomic mass is 9.76. The summed E-state index contributed by atoms with van der Waals surface area (Å²) in [6.07, 6.45) is 7.78. The molecule has 0 aromatic rings. The van der Waals surface area contributed by atoms with E-state index in [1.165, 1.54) is 32.1 Å². The summed E-state index contributed by atoms with van der Waals surface area (Å²) in [5.74, 6) is 0.112. The van der Waals surface area contributed by atoms with E-state index in [1.54, 1.807) is 0 Å². The average Bonchev–Trinajstić information content (AvgIpc) is 2.27. The normalized spacial score (nSPS) is 21.4. The first kappa shape index (κ1) is 13.5. The second-order valence-electron chi connectivity index (χ2n) is 5.52. The fourth-order valence-electron chi connectivity index (χ4n) is 2.35. The molecule has 3 heteroatoms. The molecule has 0 spiro atoms. The summed E-state index contributed by atoms with van der Waals surface area (Å²) in [6, 6.07) is 0.0131. The lowest BCUT2D eigenvalue weighted by molar-refractivity contribution is -0.122. The Morgan fingerprint density at radius 3 is 2.56 bits per heavy atom. The Morgan fingerprint density at radius 1 is 1.38 bits per heavy atom. The maximum atomic E-state index is 11.6. The minimum atomic E-state index is 0.0131. The Hall–Kier alpha value is -0.570. The third-order valence-corrected chi connectivity index (χ3v) is 3.74. The van der Waals surface area contributed by atoms with E-state index in [2.05, 4.69) is 12.2 Å². The summed E-state index contributed by atoms with van der Waals surface area (Å²) in [6.45, 7) is 5.12. The van der Waals surface area contributed by atoms with Crippen LogP contribution in [0.1, 0.15) is 58.8 Å². The second-order valence-corrected chi connectivity index (χ2v) is 5.52. The zero-order valence-corrected chi connectivity index (χ0v) is 10.7. The second kappa shape index (κ2) is 6.24. The molecule has 1 aliphatic rings. The monoisotopic (exact) mass is 226 g/mol. The number of amides is 1. The number of carbonyl (C=O) groups is 1. The Morgan fingerprint density at radius 2 is 2.00 bits per heavy atom. The minimum Gasteiger partial charge on any atom is -0.356 e. The van der Waals surface area contributed by atoms with E-state index >= 15 is 0 Å². The molecule has 1 saturated carbocycles. The topological polar surface area (TPSA) is 55.1 Å². The molecule has 94 valence electrons. The predicted octanol–water partition coefficient (Wildman–Crippen LogP) is 2.20. The molecule has 1 atom stereocenters. The van der Waals surface area contributed by atoms with Crippen LogP contribution in [0.25, 0.3) is 0 Å². The number of rotatable bonds is 5. The van der Waals surface area contributed by atoms with Crippen LogP contribution in [0, 0.1) is 5.41 Å². The van der Waals surface area contributed by atoms with Crippen molar-refractivity contribution in [3.63, 3.8) is 0 Å². The van der Waals surface area contributed by atoms with Gasteiger partial charge in [0.15, 0.2) is 0 Å². The molecule has 1 aliphatic carbocycles. The highest BCUT2D eigenvalue weighted by atomic mass is 16.1. The highest BCUT2D eigenvalue weighted by Gasteiger charge is 2.27. The highest BCUT2D eigenvalue weighted by Crippen LogP contribution is 2.34. The molecule has 0 heterocycles. The molecule has 1 amide bonds. The summed E-state index contributed by atoms with van der Waals surface area (Å²) in [7, 11) is 0. The molecule has 0 saturated heterocycles. The number of hydrogen-bond acceptors (Lipinski definition) is 2. The van der Waals surface area contributed by atoms with Crippen molar-refractivity contribution < 1.29 is 4.79 Å². The van der Waals surface area contributed by atoms with Crippen LogP contribution in [0.4, 0.5) is 0 Å². The van der Waals surface area contributed by atoms with Gasteiger partial charge in [0.05, 0.1) is 0 Å². The van der Waals surface area contributed by atoms with E-state index in [9.17, 15) is 4.79 Å². The van der Waals surface area contributed by atoms with Gasteiger partial charge in [0.25, 0.3) is 0 Å². The average molecular weight is 226 g/mol. The van der Waals surface area contributed by atoms with E-state index in [-0.39, 0.29) is 11.9 Å². The van der Waals surface area contributed by atoms with Crippen molar-refractivity contribution in [1.29, 1.82) is 0 Å². The SMILES string of the molecule is CCC(N)CC(=O)NCC1(C)CCCCC1. The van der Waals surface area contributed by atoms with E-state index < -0.39 is 0 Å². The van der Waals surface area contributed by atoms with Crippen molar-refractivity contribution in [2.45, 2.75) is 64.8 Å². The first-order valence-electron chi connectivity index (χ1n) is 6.58. The van der Waals surface area contributed by atoms with Crippen molar-refractivity contribution in [3.05, 3.63) is 0 Å². The lowest BCUT2D eigenvalue weighted by Gasteiger charge is -2.33. The van der Waals surface area contributed by atoms with Gasteiger partial charge >= 0.3 is 0 Å². The number of nitrogens with one attached hydrogen (secondary N) is 1. The Bertz CT molecular complexity index is 222. The molecule has 0 radical (unpaired) electrons. The van der Waals surface area contributed by atoms with Gasteiger partial charge in [-0.2, -0.15) is 0 Å². The fraction of sp³-hybridized carbons (Fsp3) is 0.923. The van der Waals surface area contributed by atoms with Crippen molar-refractivity contribution in [2.24, 2.45) is 11.1 Å². The van der Waals surface area contributed by atoms with Gasteiger partial charge in [0.1, 0.15) is 0 Å². The zero-order chi connectivity index (χ0) is 12.0. The Labute approximate surface area is 99.2 Å². The molecule has 1 rings (SSSR count). The van der Waals surface area contributed by atoms with Crippen LogP contribution in [0.5, 0.6) is 0 Å². The maximum Gasteiger partial charge on any atom is 0.221 e. The quantitative estimate of drug-likeness (QED) is 0.755. The third-order valence-electron chi connectivity index (χ3n) is 3.74.